The molecule has 0 bridgehead atoms. The molecule has 0 spiro atoms. The highest BCUT2D eigenvalue weighted by atomic mass is 16.5. The third kappa shape index (κ3) is 4.23. The molecule has 2 N–H and O–H groups in total. The summed E-state index contributed by atoms with van der Waals surface area (Å²) in [6.45, 7) is 2.29. The van der Waals surface area contributed by atoms with E-state index in [0.29, 0.717) is 0 Å². The quantitative estimate of drug-likeness (QED) is 0.889. The molecule has 2 rings (SSSR count). The van der Waals surface area contributed by atoms with Gasteiger partial charge in [-0.05, 0) is 37.7 Å². The predicted molar refractivity (Wildman–Crippen MR) is 77.3 cm³/mol. The lowest BCUT2D eigenvalue weighted by Gasteiger charge is -2.35. The summed E-state index contributed by atoms with van der Waals surface area (Å²) in [6.07, 6.45) is 3.51. The van der Waals surface area contributed by atoms with Crippen LogP contribution in [0.25, 0.3) is 0 Å². The Bertz CT molecular complexity index is 425. The molecule has 110 valence electrons. The Labute approximate surface area is 120 Å². The summed E-state index contributed by atoms with van der Waals surface area (Å²) in [4.78, 5) is 11.7. The van der Waals surface area contributed by atoms with Crippen molar-refractivity contribution in [3.63, 3.8) is 0 Å². The number of rotatable bonds is 4. The van der Waals surface area contributed by atoms with E-state index in [0.717, 1.165) is 37.7 Å². The smallest absolute Gasteiger partial charge is 0.407 e. The molecule has 0 saturated heterocycles. The van der Waals surface area contributed by atoms with Crippen molar-refractivity contribution in [1.29, 1.82) is 0 Å². The molecule has 0 aromatic heterocycles. The van der Waals surface area contributed by atoms with Gasteiger partial charge < -0.3 is 15.2 Å². The molecule has 0 unspecified atom stereocenters. The predicted octanol–water partition coefficient (Wildman–Crippen LogP) is 3.00. The Balaban J connectivity index is 1.70. The number of hydrogen-bond acceptors (Lipinski definition) is 3. The Morgan fingerprint density at radius 2 is 2.00 bits per heavy atom. The van der Waals surface area contributed by atoms with E-state index in [9.17, 15) is 9.90 Å². The third-order valence-electron chi connectivity index (χ3n) is 4.11. The van der Waals surface area contributed by atoms with Gasteiger partial charge in [-0.1, -0.05) is 37.3 Å². The molecule has 1 saturated carbocycles. The van der Waals surface area contributed by atoms with Gasteiger partial charge in [0, 0.05) is 6.04 Å². The summed E-state index contributed by atoms with van der Waals surface area (Å²) in [7, 11) is 0. The molecule has 0 radical (unpaired) electrons. The lowest BCUT2D eigenvalue weighted by Crippen LogP contribution is -2.43. The molecule has 1 aromatic carbocycles. The number of carbonyl (C=O) groups is 1. The highest BCUT2D eigenvalue weighted by Crippen LogP contribution is 2.30. The van der Waals surface area contributed by atoms with Crippen molar-refractivity contribution in [3.8, 4) is 0 Å². The zero-order chi connectivity index (χ0) is 14.4. The summed E-state index contributed by atoms with van der Waals surface area (Å²) in [6, 6.07) is 9.74. The van der Waals surface area contributed by atoms with Gasteiger partial charge in [-0.3, -0.25) is 0 Å². The molecule has 20 heavy (non-hydrogen) atoms. The maximum Gasteiger partial charge on any atom is 0.407 e. The average molecular weight is 277 g/mol. The van der Waals surface area contributed by atoms with Gasteiger partial charge in [-0.25, -0.2) is 4.79 Å². The molecular formula is C16H23NO3. The molecule has 0 atom stereocenters. The van der Waals surface area contributed by atoms with Gasteiger partial charge >= 0.3 is 6.09 Å². The van der Waals surface area contributed by atoms with Gasteiger partial charge in [0.05, 0.1) is 5.60 Å². The first-order valence-electron chi connectivity index (χ1n) is 7.31. The van der Waals surface area contributed by atoms with Crippen molar-refractivity contribution in [2.24, 2.45) is 0 Å². The van der Waals surface area contributed by atoms with E-state index in [1.807, 2.05) is 37.3 Å². The molecule has 4 heteroatoms. The number of nitrogens with one attached hydrogen (secondary N) is 1. The molecule has 1 aliphatic carbocycles. The zero-order valence-electron chi connectivity index (χ0n) is 12.0. The van der Waals surface area contributed by atoms with Crippen molar-refractivity contribution in [3.05, 3.63) is 35.9 Å². The van der Waals surface area contributed by atoms with Crippen LogP contribution >= 0.6 is 0 Å². The van der Waals surface area contributed by atoms with Crippen LogP contribution in [-0.4, -0.2) is 22.8 Å². The van der Waals surface area contributed by atoms with E-state index in [1.165, 1.54) is 0 Å². The second kappa shape index (κ2) is 6.75. The van der Waals surface area contributed by atoms with E-state index in [2.05, 4.69) is 5.32 Å². The second-order valence-corrected chi connectivity index (χ2v) is 5.56. The van der Waals surface area contributed by atoms with Gasteiger partial charge in [0.25, 0.3) is 0 Å². The molecule has 4 nitrogen and oxygen atoms in total. The second-order valence-electron chi connectivity index (χ2n) is 5.56. The van der Waals surface area contributed by atoms with Crippen LogP contribution in [0.1, 0.15) is 44.6 Å². The maximum absolute atomic E-state index is 11.7. The van der Waals surface area contributed by atoms with Crippen molar-refractivity contribution in [1.82, 2.24) is 5.32 Å². The molecule has 0 aliphatic heterocycles. The SMILES string of the molecule is CCC1(O)CCC(NC(=O)OCc2ccccc2)CC1. The fourth-order valence-corrected chi connectivity index (χ4v) is 2.58. The minimum Gasteiger partial charge on any atom is -0.445 e. The lowest BCUT2D eigenvalue weighted by atomic mass is 9.81. The monoisotopic (exact) mass is 277 g/mol. The molecule has 1 amide bonds. The van der Waals surface area contributed by atoms with Gasteiger partial charge in [0.15, 0.2) is 0 Å². The molecule has 1 fully saturated rings. The van der Waals surface area contributed by atoms with Crippen LogP contribution in [-0.2, 0) is 11.3 Å². The van der Waals surface area contributed by atoms with Crippen molar-refractivity contribution < 1.29 is 14.6 Å². The van der Waals surface area contributed by atoms with Crippen LogP contribution in [0.5, 0.6) is 0 Å². The lowest BCUT2D eigenvalue weighted by molar-refractivity contribution is -0.00703. The summed E-state index contributed by atoms with van der Waals surface area (Å²) >= 11 is 0. The Hall–Kier alpha value is -1.55. The number of ether oxygens (including phenoxy) is 1. The van der Waals surface area contributed by atoms with E-state index in [-0.39, 0.29) is 18.7 Å². The Morgan fingerprint density at radius 3 is 2.60 bits per heavy atom. The van der Waals surface area contributed by atoms with Gasteiger partial charge in [0.2, 0.25) is 0 Å². The highest BCUT2D eigenvalue weighted by Gasteiger charge is 2.32. The zero-order valence-corrected chi connectivity index (χ0v) is 12.0. The summed E-state index contributed by atoms with van der Waals surface area (Å²) in [5.41, 5.74) is 0.443. The van der Waals surface area contributed by atoms with Crippen LogP contribution in [0.15, 0.2) is 30.3 Å². The first kappa shape index (κ1) is 14.9. The fourth-order valence-electron chi connectivity index (χ4n) is 2.58. The molecule has 1 aliphatic rings. The van der Waals surface area contributed by atoms with E-state index in [4.69, 9.17) is 4.74 Å². The van der Waals surface area contributed by atoms with Crippen LogP contribution < -0.4 is 5.32 Å². The topological polar surface area (TPSA) is 58.6 Å². The van der Waals surface area contributed by atoms with Crippen LogP contribution in [0.3, 0.4) is 0 Å². The number of alkyl carbamates (subject to hydrolysis) is 1. The van der Waals surface area contributed by atoms with E-state index < -0.39 is 5.60 Å². The van der Waals surface area contributed by atoms with Gasteiger partial charge in [-0.15, -0.1) is 0 Å². The highest BCUT2D eigenvalue weighted by molar-refractivity contribution is 5.67. The summed E-state index contributed by atoms with van der Waals surface area (Å²) < 4.78 is 5.20. The summed E-state index contributed by atoms with van der Waals surface area (Å²) in [5.74, 6) is 0. The number of hydrogen-bond donors (Lipinski definition) is 2. The standard InChI is InChI=1S/C16H23NO3/c1-2-16(19)10-8-14(9-11-16)17-15(18)20-12-13-6-4-3-5-7-13/h3-7,14,19H,2,8-12H2,1H3,(H,17,18). The number of amides is 1. The normalized spacial score (nSPS) is 26.0. The third-order valence-corrected chi connectivity index (χ3v) is 4.11. The van der Waals surface area contributed by atoms with Gasteiger partial charge in [-0.2, -0.15) is 0 Å². The first-order valence-corrected chi connectivity index (χ1v) is 7.31. The molecule has 0 heterocycles. The van der Waals surface area contributed by atoms with Crippen LogP contribution in [0, 0.1) is 0 Å². The molecule has 1 aromatic rings. The van der Waals surface area contributed by atoms with Crippen molar-refractivity contribution >= 4 is 6.09 Å². The van der Waals surface area contributed by atoms with Gasteiger partial charge in [0.1, 0.15) is 6.61 Å². The fraction of sp³-hybridized carbons (Fsp3) is 0.562. The average Bonchev–Trinajstić information content (AvgIpc) is 2.49. The van der Waals surface area contributed by atoms with E-state index in [1.54, 1.807) is 0 Å². The summed E-state index contributed by atoms with van der Waals surface area (Å²) in [5, 5.41) is 13.0. The number of aliphatic hydroxyl groups is 1. The largest absolute Gasteiger partial charge is 0.445 e. The minimum absolute atomic E-state index is 0.116. The van der Waals surface area contributed by atoms with Crippen molar-refractivity contribution in [2.75, 3.05) is 0 Å². The number of benzene rings is 1. The maximum atomic E-state index is 11.7. The van der Waals surface area contributed by atoms with Crippen molar-refractivity contribution in [2.45, 2.75) is 57.3 Å². The Kier molecular flexibility index (Phi) is 5.01. The minimum atomic E-state index is -0.536. The van der Waals surface area contributed by atoms with Crippen LogP contribution in [0.2, 0.25) is 0 Å². The van der Waals surface area contributed by atoms with E-state index >= 15 is 0 Å². The van der Waals surface area contributed by atoms with Crippen LogP contribution in [0.4, 0.5) is 4.79 Å². The Morgan fingerprint density at radius 1 is 1.35 bits per heavy atom. The first-order chi connectivity index (χ1) is 9.61. The number of carbonyl (C=O) groups excluding carboxylic acids is 1. The molecular weight excluding hydrogens is 254 g/mol.